The van der Waals surface area contributed by atoms with Crippen molar-refractivity contribution in [2.45, 2.75) is 13.3 Å². The van der Waals surface area contributed by atoms with E-state index in [1.807, 2.05) is 48.9 Å². The van der Waals surface area contributed by atoms with Crippen molar-refractivity contribution in [3.63, 3.8) is 0 Å². The van der Waals surface area contributed by atoms with Crippen LogP contribution in [0.25, 0.3) is 11.3 Å². The SMILES string of the molecule is Cc1cccc(N=c2scc(-c3ccc4c(c3)CCN4S(C)(=O)=O)n2C)n1. The molecule has 1 aromatic carbocycles. The molecule has 0 radical (unpaired) electrons. The molecule has 1 aliphatic heterocycles. The molecule has 0 amide bonds. The highest BCUT2D eigenvalue weighted by Crippen LogP contribution is 2.33. The Balaban J connectivity index is 1.73. The molecule has 0 unspecified atom stereocenters. The summed E-state index contributed by atoms with van der Waals surface area (Å²) in [4.78, 5) is 9.94. The first-order valence-corrected chi connectivity index (χ1v) is 11.3. The number of anilines is 1. The molecule has 0 saturated carbocycles. The number of rotatable bonds is 3. The van der Waals surface area contributed by atoms with E-state index in [0.717, 1.165) is 39.4 Å². The summed E-state index contributed by atoms with van der Waals surface area (Å²) in [5.74, 6) is 0.691. The van der Waals surface area contributed by atoms with Gasteiger partial charge in [0.15, 0.2) is 10.6 Å². The Morgan fingerprint density at radius 3 is 2.78 bits per heavy atom. The lowest BCUT2D eigenvalue weighted by atomic mass is 10.1. The van der Waals surface area contributed by atoms with Gasteiger partial charge in [0.2, 0.25) is 10.0 Å². The Morgan fingerprint density at radius 1 is 1.22 bits per heavy atom. The van der Waals surface area contributed by atoms with Crippen LogP contribution >= 0.6 is 11.3 Å². The van der Waals surface area contributed by atoms with Gasteiger partial charge >= 0.3 is 0 Å². The van der Waals surface area contributed by atoms with Crippen molar-refractivity contribution >= 4 is 32.9 Å². The fraction of sp³-hybridized carbons (Fsp3) is 0.263. The molecular weight excluding hydrogens is 380 g/mol. The Morgan fingerprint density at radius 2 is 2.04 bits per heavy atom. The molecule has 0 atom stereocenters. The highest BCUT2D eigenvalue weighted by atomic mass is 32.2. The van der Waals surface area contributed by atoms with E-state index < -0.39 is 10.0 Å². The second-order valence-corrected chi connectivity index (χ2v) is 9.38. The summed E-state index contributed by atoms with van der Waals surface area (Å²) in [6.45, 7) is 2.45. The minimum absolute atomic E-state index is 0.507. The maximum Gasteiger partial charge on any atom is 0.232 e. The summed E-state index contributed by atoms with van der Waals surface area (Å²) in [7, 11) is -1.24. The molecule has 0 fully saturated rings. The predicted octanol–water partition coefficient (Wildman–Crippen LogP) is 3.01. The summed E-state index contributed by atoms with van der Waals surface area (Å²) >= 11 is 1.56. The monoisotopic (exact) mass is 400 g/mol. The summed E-state index contributed by atoms with van der Waals surface area (Å²) in [6.07, 6.45) is 1.98. The Hall–Kier alpha value is -2.45. The predicted molar refractivity (Wildman–Crippen MR) is 109 cm³/mol. The van der Waals surface area contributed by atoms with Gasteiger partial charge in [-0.05, 0) is 48.7 Å². The standard InChI is InChI=1S/C19H20N4O2S2/c1-13-5-4-6-18(20-13)21-19-22(2)17(12-26-19)14-7-8-16-15(11-14)9-10-23(16)27(3,24)25/h4-8,11-12H,9-10H2,1-3H3. The van der Waals surface area contributed by atoms with E-state index in [1.165, 1.54) is 10.6 Å². The van der Waals surface area contributed by atoms with Crippen molar-refractivity contribution in [1.29, 1.82) is 0 Å². The maximum atomic E-state index is 11.9. The minimum Gasteiger partial charge on any atom is -0.320 e. The quantitative estimate of drug-likeness (QED) is 0.679. The van der Waals surface area contributed by atoms with Crippen LogP contribution in [0.15, 0.2) is 46.8 Å². The van der Waals surface area contributed by atoms with E-state index in [1.54, 1.807) is 11.3 Å². The second-order valence-electron chi connectivity index (χ2n) is 6.64. The molecule has 27 heavy (non-hydrogen) atoms. The number of fused-ring (bicyclic) bond motifs is 1. The number of aromatic nitrogens is 2. The summed E-state index contributed by atoms with van der Waals surface area (Å²) < 4.78 is 27.3. The smallest absolute Gasteiger partial charge is 0.232 e. The zero-order chi connectivity index (χ0) is 19.2. The summed E-state index contributed by atoms with van der Waals surface area (Å²) in [5, 5.41) is 2.07. The van der Waals surface area contributed by atoms with Gasteiger partial charge in [-0.25, -0.2) is 18.4 Å². The summed E-state index contributed by atoms with van der Waals surface area (Å²) in [5.41, 5.74) is 4.88. The zero-order valence-electron chi connectivity index (χ0n) is 15.4. The van der Waals surface area contributed by atoms with Crippen LogP contribution in [0.4, 0.5) is 11.5 Å². The van der Waals surface area contributed by atoms with E-state index in [0.29, 0.717) is 12.4 Å². The first-order valence-electron chi connectivity index (χ1n) is 8.57. The van der Waals surface area contributed by atoms with Crippen molar-refractivity contribution in [3.8, 4) is 11.3 Å². The topological polar surface area (TPSA) is 67.6 Å². The molecule has 140 valence electrons. The van der Waals surface area contributed by atoms with E-state index in [4.69, 9.17) is 0 Å². The molecular formula is C19H20N4O2S2. The number of pyridine rings is 1. The molecule has 1 aliphatic rings. The average molecular weight is 401 g/mol. The fourth-order valence-electron chi connectivity index (χ4n) is 3.30. The van der Waals surface area contributed by atoms with Gasteiger partial charge in [0.05, 0.1) is 17.6 Å². The average Bonchev–Trinajstić information content (AvgIpc) is 3.18. The Labute approximate surface area is 162 Å². The van der Waals surface area contributed by atoms with Crippen molar-refractivity contribution in [3.05, 3.63) is 57.8 Å². The molecule has 0 spiro atoms. The molecule has 6 nitrogen and oxygen atoms in total. The normalized spacial score (nSPS) is 14.6. The lowest BCUT2D eigenvalue weighted by Gasteiger charge is -2.16. The van der Waals surface area contributed by atoms with Crippen LogP contribution in [-0.4, -0.2) is 30.8 Å². The molecule has 0 aliphatic carbocycles. The highest BCUT2D eigenvalue weighted by Gasteiger charge is 2.26. The van der Waals surface area contributed by atoms with Crippen LogP contribution in [0, 0.1) is 6.92 Å². The van der Waals surface area contributed by atoms with Gasteiger partial charge in [-0.3, -0.25) is 4.31 Å². The molecule has 0 N–H and O–H groups in total. The van der Waals surface area contributed by atoms with Crippen molar-refractivity contribution in [1.82, 2.24) is 9.55 Å². The fourth-order valence-corrected chi connectivity index (χ4v) is 5.17. The van der Waals surface area contributed by atoms with E-state index >= 15 is 0 Å². The van der Waals surface area contributed by atoms with Crippen LogP contribution in [0.5, 0.6) is 0 Å². The number of nitrogens with zero attached hydrogens (tertiary/aromatic N) is 4. The van der Waals surface area contributed by atoms with Gasteiger partial charge in [-0.15, -0.1) is 11.3 Å². The Kier molecular flexibility index (Phi) is 4.39. The van der Waals surface area contributed by atoms with Gasteiger partial charge < -0.3 is 4.57 Å². The van der Waals surface area contributed by atoms with Crippen molar-refractivity contribution in [2.75, 3.05) is 17.1 Å². The molecule has 8 heteroatoms. The van der Waals surface area contributed by atoms with Crippen LogP contribution in [0.3, 0.4) is 0 Å². The number of benzene rings is 1. The van der Waals surface area contributed by atoms with Crippen LogP contribution in [0.1, 0.15) is 11.3 Å². The molecule has 0 bridgehead atoms. The van der Waals surface area contributed by atoms with Crippen molar-refractivity contribution < 1.29 is 8.42 Å². The van der Waals surface area contributed by atoms with E-state index in [-0.39, 0.29) is 0 Å². The number of hydrogen-bond donors (Lipinski definition) is 0. The number of hydrogen-bond acceptors (Lipinski definition) is 5. The largest absolute Gasteiger partial charge is 0.320 e. The molecule has 3 aromatic rings. The van der Waals surface area contributed by atoms with Crippen LogP contribution < -0.4 is 9.11 Å². The van der Waals surface area contributed by atoms with E-state index in [9.17, 15) is 8.42 Å². The first-order chi connectivity index (χ1) is 12.8. The zero-order valence-corrected chi connectivity index (χ0v) is 17.0. The lowest BCUT2D eigenvalue weighted by molar-refractivity contribution is 0.598. The number of sulfonamides is 1. The minimum atomic E-state index is -3.23. The third-order valence-electron chi connectivity index (χ3n) is 4.64. The van der Waals surface area contributed by atoms with Gasteiger partial charge in [0.25, 0.3) is 0 Å². The molecule has 2 aromatic heterocycles. The second kappa shape index (κ2) is 6.61. The van der Waals surface area contributed by atoms with Gasteiger partial charge in [-0.1, -0.05) is 12.1 Å². The summed E-state index contributed by atoms with van der Waals surface area (Å²) in [6, 6.07) is 11.7. The molecule has 4 rings (SSSR count). The van der Waals surface area contributed by atoms with Crippen LogP contribution in [-0.2, 0) is 23.5 Å². The highest BCUT2D eigenvalue weighted by molar-refractivity contribution is 7.92. The third-order valence-corrected chi connectivity index (χ3v) is 6.73. The number of thiazole rings is 1. The lowest BCUT2D eigenvalue weighted by Crippen LogP contribution is -2.27. The molecule has 0 saturated heterocycles. The Bertz CT molecular complexity index is 1190. The van der Waals surface area contributed by atoms with Gasteiger partial charge in [0, 0.05) is 24.7 Å². The number of aryl methyl sites for hydroxylation is 1. The first kappa shape index (κ1) is 17.9. The van der Waals surface area contributed by atoms with Gasteiger partial charge in [0.1, 0.15) is 0 Å². The molecule has 3 heterocycles. The van der Waals surface area contributed by atoms with Crippen LogP contribution in [0.2, 0.25) is 0 Å². The van der Waals surface area contributed by atoms with Gasteiger partial charge in [-0.2, -0.15) is 0 Å². The van der Waals surface area contributed by atoms with E-state index in [2.05, 4.69) is 21.4 Å². The third kappa shape index (κ3) is 3.42. The van der Waals surface area contributed by atoms with Crippen molar-refractivity contribution in [2.24, 2.45) is 12.0 Å². The maximum absolute atomic E-state index is 11.9.